The van der Waals surface area contributed by atoms with Crippen molar-refractivity contribution in [2.75, 3.05) is 0 Å². The van der Waals surface area contributed by atoms with E-state index in [1.54, 1.807) is 19.1 Å². The lowest BCUT2D eigenvalue weighted by Gasteiger charge is -1.93. The Labute approximate surface area is 69.1 Å². The minimum atomic E-state index is -0.324. The molecule has 0 atom stereocenters. The highest BCUT2D eigenvalue weighted by molar-refractivity contribution is 7.11. The summed E-state index contributed by atoms with van der Waals surface area (Å²) in [6.07, 6.45) is 3.04. The Bertz CT molecular complexity index is 249. The summed E-state index contributed by atoms with van der Waals surface area (Å²) in [6.45, 7) is 1.77. The highest BCUT2D eigenvalue weighted by Gasteiger charge is 1.98. The van der Waals surface area contributed by atoms with Gasteiger partial charge >= 0.3 is 5.97 Å². The molecule has 0 aliphatic rings. The molecule has 0 saturated carbocycles. The van der Waals surface area contributed by atoms with E-state index in [0.717, 1.165) is 0 Å². The molecule has 0 radical (unpaired) electrons. The van der Waals surface area contributed by atoms with Crippen LogP contribution in [0.1, 0.15) is 6.92 Å². The average molecular weight is 168 g/mol. The molecule has 1 heterocycles. The lowest BCUT2D eigenvalue weighted by Crippen LogP contribution is -2.01. The van der Waals surface area contributed by atoms with Crippen molar-refractivity contribution in [1.82, 2.24) is 0 Å². The van der Waals surface area contributed by atoms with Crippen molar-refractivity contribution in [3.63, 3.8) is 0 Å². The van der Waals surface area contributed by atoms with E-state index < -0.39 is 0 Å². The second-order valence-corrected chi connectivity index (χ2v) is 2.76. The summed E-state index contributed by atoms with van der Waals surface area (Å²) in [7, 11) is 0. The Morgan fingerprint density at radius 2 is 2.55 bits per heavy atom. The number of ether oxygens (including phenoxy) is 1. The molecule has 11 heavy (non-hydrogen) atoms. The summed E-state index contributed by atoms with van der Waals surface area (Å²) in [5, 5.41) is 2.49. The van der Waals surface area contributed by atoms with Gasteiger partial charge in [0.15, 0.2) is 5.06 Å². The van der Waals surface area contributed by atoms with Gasteiger partial charge in [0.2, 0.25) is 0 Å². The van der Waals surface area contributed by atoms with Gasteiger partial charge in [0.1, 0.15) is 0 Å². The van der Waals surface area contributed by atoms with Crippen LogP contribution in [0.5, 0.6) is 5.06 Å². The molecule has 1 rings (SSSR count). The SMILES string of the molecule is CC=CC(=O)Oc1cccs1. The zero-order chi connectivity index (χ0) is 8.10. The number of esters is 1. The fourth-order valence-corrected chi connectivity index (χ4v) is 1.17. The van der Waals surface area contributed by atoms with E-state index in [9.17, 15) is 4.79 Å². The van der Waals surface area contributed by atoms with E-state index in [2.05, 4.69) is 0 Å². The maximum Gasteiger partial charge on any atom is 0.336 e. The summed E-state index contributed by atoms with van der Waals surface area (Å²) in [5.41, 5.74) is 0. The van der Waals surface area contributed by atoms with E-state index in [1.807, 2.05) is 11.4 Å². The molecule has 0 saturated heterocycles. The number of rotatable bonds is 2. The van der Waals surface area contributed by atoms with Crippen molar-refractivity contribution >= 4 is 17.3 Å². The molecule has 0 fully saturated rings. The van der Waals surface area contributed by atoms with Crippen molar-refractivity contribution in [2.45, 2.75) is 6.92 Å². The summed E-state index contributed by atoms with van der Waals surface area (Å²) < 4.78 is 4.89. The molecule has 0 N–H and O–H groups in total. The molecule has 0 unspecified atom stereocenters. The van der Waals surface area contributed by atoms with Crippen molar-refractivity contribution in [2.24, 2.45) is 0 Å². The largest absolute Gasteiger partial charge is 0.412 e. The van der Waals surface area contributed by atoms with Gasteiger partial charge in [0.05, 0.1) is 0 Å². The van der Waals surface area contributed by atoms with Crippen LogP contribution in [0.2, 0.25) is 0 Å². The number of hydrogen-bond acceptors (Lipinski definition) is 3. The van der Waals surface area contributed by atoms with E-state index in [4.69, 9.17) is 4.74 Å². The second kappa shape index (κ2) is 3.93. The number of carbonyl (C=O) groups is 1. The normalized spacial score (nSPS) is 10.3. The van der Waals surface area contributed by atoms with Crippen molar-refractivity contribution in [1.29, 1.82) is 0 Å². The standard InChI is InChI=1S/C8H8O2S/c1-2-4-7(9)10-8-5-3-6-11-8/h2-6H,1H3. The molecule has 0 spiro atoms. The second-order valence-electron chi connectivity index (χ2n) is 1.85. The lowest BCUT2D eigenvalue weighted by atomic mass is 10.5. The van der Waals surface area contributed by atoms with Crippen LogP contribution in [0.25, 0.3) is 0 Å². The number of thiophene rings is 1. The summed E-state index contributed by atoms with van der Waals surface area (Å²) in [4.78, 5) is 10.8. The molecule has 0 aliphatic heterocycles. The smallest absolute Gasteiger partial charge is 0.336 e. The summed E-state index contributed by atoms with van der Waals surface area (Å²) in [5.74, 6) is -0.324. The van der Waals surface area contributed by atoms with Crippen molar-refractivity contribution in [3.8, 4) is 5.06 Å². The molecule has 0 amide bonds. The Kier molecular flexibility index (Phi) is 2.86. The first-order valence-corrected chi connectivity index (χ1v) is 4.09. The predicted molar refractivity (Wildman–Crippen MR) is 44.8 cm³/mol. The maximum atomic E-state index is 10.8. The third-order valence-electron chi connectivity index (χ3n) is 0.999. The Morgan fingerprint density at radius 3 is 3.09 bits per heavy atom. The minimum absolute atomic E-state index is 0.324. The van der Waals surface area contributed by atoms with Crippen LogP contribution in [0.3, 0.4) is 0 Å². The van der Waals surface area contributed by atoms with Gasteiger partial charge in [-0.3, -0.25) is 0 Å². The van der Waals surface area contributed by atoms with Gasteiger partial charge in [-0.1, -0.05) is 6.08 Å². The molecule has 58 valence electrons. The minimum Gasteiger partial charge on any atom is -0.412 e. The van der Waals surface area contributed by atoms with Crippen molar-refractivity contribution < 1.29 is 9.53 Å². The Morgan fingerprint density at radius 1 is 1.73 bits per heavy atom. The van der Waals surface area contributed by atoms with Gasteiger partial charge < -0.3 is 4.74 Å². The van der Waals surface area contributed by atoms with Gasteiger partial charge in [-0.05, 0) is 24.4 Å². The third kappa shape index (κ3) is 2.55. The molecule has 0 bridgehead atoms. The van der Waals surface area contributed by atoms with Crippen LogP contribution < -0.4 is 4.74 Å². The highest BCUT2D eigenvalue weighted by Crippen LogP contribution is 2.18. The quantitative estimate of drug-likeness (QED) is 0.500. The van der Waals surface area contributed by atoms with Crippen LogP contribution in [0.15, 0.2) is 29.7 Å². The van der Waals surface area contributed by atoms with Gasteiger partial charge in [-0.2, -0.15) is 0 Å². The van der Waals surface area contributed by atoms with Gasteiger partial charge in [0.25, 0.3) is 0 Å². The zero-order valence-corrected chi connectivity index (χ0v) is 6.93. The van der Waals surface area contributed by atoms with E-state index >= 15 is 0 Å². The number of allylic oxidation sites excluding steroid dienone is 1. The summed E-state index contributed by atoms with van der Waals surface area (Å²) in [6, 6.07) is 3.59. The first-order chi connectivity index (χ1) is 5.33. The Hall–Kier alpha value is -1.09. The van der Waals surface area contributed by atoms with Crippen LogP contribution in [-0.2, 0) is 4.79 Å². The van der Waals surface area contributed by atoms with Gasteiger partial charge in [-0.15, -0.1) is 11.3 Å². The predicted octanol–water partition coefficient (Wildman–Crippen LogP) is 2.23. The van der Waals surface area contributed by atoms with E-state index in [1.165, 1.54) is 17.4 Å². The van der Waals surface area contributed by atoms with Crippen LogP contribution in [0, 0.1) is 0 Å². The fraction of sp³-hybridized carbons (Fsp3) is 0.125. The Balaban J connectivity index is 2.50. The van der Waals surface area contributed by atoms with E-state index in [0.29, 0.717) is 5.06 Å². The number of carbonyl (C=O) groups excluding carboxylic acids is 1. The molecule has 3 heteroatoms. The highest BCUT2D eigenvalue weighted by atomic mass is 32.1. The van der Waals surface area contributed by atoms with E-state index in [-0.39, 0.29) is 5.97 Å². The molecule has 1 aromatic rings. The fourth-order valence-electron chi connectivity index (χ4n) is 0.591. The maximum absolute atomic E-state index is 10.8. The first kappa shape index (κ1) is 8.01. The molecule has 2 nitrogen and oxygen atoms in total. The monoisotopic (exact) mass is 168 g/mol. The molecule has 0 aromatic carbocycles. The average Bonchev–Trinajstić information content (AvgIpc) is 2.40. The molecule has 1 aromatic heterocycles. The lowest BCUT2D eigenvalue weighted by molar-refractivity contribution is -0.128. The van der Waals surface area contributed by atoms with Crippen LogP contribution >= 0.6 is 11.3 Å². The topological polar surface area (TPSA) is 26.3 Å². The van der Waals surface area contributed by atoms with Gasteiger partial charge in [0, 0.05) is 6.08 Å². The van der Waals surface area contributed by atoms with Crippen molar-refractivity contribution in [3.05, 3.63) is 29.7 Å². The first-order valence-electron chi connectivity index (χ1n) is 3.21. The zero-order valence-electron chi connectivity index (χ0n) is 6.11. The third-order valence-corrected chi connectivity index (χ3v) is 1.74. The van der Waals surface area contributed by atoms with Crippen LogP contribution in [0.4, 0.5) is 0 Å². The number of hydrogen-bond donors (Lipinski definition) is 0. The summed E-state index contributed by atoms with van der Waals surface area (Å²) >= 11 is 1.40. The molecular formula is C8H8O2S. The molecule has 0 aliphatic carbocycles. The van der Waals surface area contributed by atoms with Gasteiger partial charge in [-0.25, -0.2) is 4.79 Å². The van der Waals surface area contributed by atoms with Crippen LogP contribution in [-0.4, -0.2) is 5.97 Å². The molecular weight excluding hydrogens is 160 g/mol.